The van der Waals surface area contributed by atoms with E-state index in [1.807, 2.05) is 20.8 Å². The summed E-state index contributed by atoms with van der Waals surface area (Å²) in [5.41, 5.74) is 0.783. The summed E-state index contributed by atoms with van der Waals surface area (Å²) >= 11 is 0. The monoisotopic (exact) mass is 167 g/mol. The first-order chi connectivity index (χ1) is 5.39. The molecule has 66 valence electrons. The van der Waals surface area contributed by atoms with Crippen LogP contribution in [0.1, 0.15) is 26.3 Å². The molecule has 0 atom stereocenters. The van der Waals surface area contributed by atoms with Crippen LogP contribution in [0.25, 0.3) is 0 Å². The predicted molar refractivity (Wildman–Crippen MR) is 46.3 cm³/mol. The lowest BCUT2D eigenvalue weighted by molar-refractivity contribution is 0.408. The van der Waals surface area contributed by atoms with Crippen LogP contribution in [-0.4, -0.2) is 15.2 Å². The molecule has 2 N–H and O–H groups in total. The average molecular weight is 167 g/mol. The Hall–Kier alpha value is -1.25. The molecule has 3 heteroatoms. The maximum atomic E-state index is 9.09. The molecular weight excluding hydrogens is 154 g/mol. The minimum atomic E-state index is -0.139. The molecule has 0 aromatic carbocycles. The van der Waals surface area contributed by atoms with Crippen LogP contribution in [0.4, 0.5) is 0 Å². The van der Waals surface area contributed by atoms with Crippen molar-refractivity contribution in [1.29, 1.82) is 0 Å². The number of hydrogen-bond acceptors (Lipinski definition) is 3. The Labute approximate surface area is 71.7 Å². The van der Waals surface area contributed by atoms with E-state index in [1.54, 1.807) is 12.1 Å². The molecule has 12 heavy (non-hydrogen) atoms. The van der Waals surface area contributed by atoms with Gasteiger partial charge in [-0.05, 0) is 11.0 Å². The summed E-state index contributed by atoms with van der Waals surface area (Å²) in [4.78, 5) is 3.46. The summed E-state index contributed by atoms with van der Waals surface area (Å²) in [5, 5.41) is 18.2. The molecule has 0 aliphatic carbocycles. The van der Waals surface area contributed by atoms with Crippen LogP contribution in [0.5, 0.6) is 11.8 Å². The minimum Gasteiger partial charge on any atom is -0.493 e. The van der Waals surface area contributed by atoms with Gasteiger partial charge in [0.15, 0.2) is 0 Å². The number of aromatic nitrogens is 1. The van der Waals surface area contributed by atoms with Crippen molar-refractivity contribution in [3.8, 4) is 11.8 Å². The molecule has 0 aliphatic rings. The lowest BCUT2D eigenvalue weighted by atomic mass is 9.88. The molecule has 0 bridgehead atoms. The number of hydrogen-bond donors (Lipinski definition) is 2. The third-order valence-corrected chi connectivity index (χ3v) is 1.66. The first-order valence-electron chi connectivity index (χ1n) is 3.80. The SMILES string of the molecule is CC(C)(C)c1cc(O)nc(O)c1. The van der Waals surface area contributed by atoms with Crippen molar-refractivity contribution < 1.29 is 10.2 Å². The van der Waals surface area contributed by atoms with Crippen molar-refractivity contribution in [3.05, 3.63) is 17.7 Å². The maximum absolute atomic E-state index is 9.09. The Morgan fingerprint density at radius 2 is 1.50 bits per heavy atom. The molecule has 3 nitrogen and oxygen atoms in total. The van der Waals surface area contributed by atoms with Gasteiger partial charge in [0.2, 0.25) is 11.8 Å². The standard InChI is InChI=1S/C9H13NO2/c1-9(2,3)6-4-7(11)10-8(12)5-6/h4-5H,1-3H3,(H2,10,11,12). The zero-order valence-electron chi connectivity index (χ0n) is 7.50. The van der Waals surface area contributed by atoms with Crippen LogP contribution >= 0.6 is 0 Å². The molecule has 1 rings (SSSR count). The van der Waals surface area contributed by atoms with Gasteiger partial charge in [0.1, 0.15) is 0 Å². The fraction of sp³-hybridized carbons (Fsp3) is 0.444. The molecule has 0 saturated carbocycles. The van der Waals surface area contributed by atoms with Crippen molar-refractivity contribution in [3.63, 3.8) is 0 Å². The summed E-state index contributed by atoms with van der Waals surface area (Å²) in [5.74, 6) is -0.278. The van der Waals surface area contributed by atoms with E-state index in [0.717, 1.165) is 5.56 Å². The molecule has 0 unspecified atom stereocenters. The highest BCUT2D eigenvalue weighted by Crippen LogP contribution is 2.26. The van der Waals surface area contributed by atoms with Crippen LogP contribution in [0.3, 0.4) is 0 Å². The number of aromatic hydroxyl groups is 2. The molecule has 1 heterocycles. The van der Waals surface area contributed by atoms with Crippen LogP contribution in [0, 0.1) is 0 Å². The summed E-state index contributed by atoms with van der Waals surface area (Å²) in [7, 11) is 0. The first-order valence-corrected chi connectivity index (χ1v) is 3.80. The van der Waals surface area contributed by atoms with Crippen molar-refractivity contribution in [2.75, 3.05) is 0 Å². The van der Waals surface area contributed by atoms with Crippen LogP contribution < -0.4 is 0 Å². The van der Waals surface area contributed by atoms with Crippen molar-refractivity contribution >= 4 is 0 Å². The van der Waals surface area contributed by atoms with Gasteiger partial charge in [-0.2, -0.15) is 4.98 Å². The highest BCUT2D eigenvalue weighted by atomic mass is 16.3. The Bertz CT molecular complexity index is 269. The van der Waals surface area contributed by atoms with Gasteiger partial charge >= 0.3 is 0 Å². The lowest BCUT2D eigenvalue weighted by Gasteiger charge is -2.18. The zero-order valence-corrected chi connectivity index (χ0v) is 7.50. The van der Waals surface area contributed by atoms with Crippen molar-refractivity contribution in [2.24, 2.45) is 0 Å². The van der Waals surface area contributed by atoms with Gasteiger partial charge in [-0.1, -0.05) is 20.8 Å². The van der Waals surface area contributed by atoms with E-state index in [-0.39, 0.29) is 17.2 Å². The maximum Gasteiger partial charge on any atom is 0.214 e. The summed E-state index contributed by atoms with van der Waals surface area (Å²) in [6.45, 7) is 6.00. The van der Waals surface area contributed by atoms with Gasteiger partial charge in [0.05, 0.1) is 0 Å². The van der Waals surface area contributed by atoms with Crippen LogP contribution in [0.2, 0.25) is 0 Å². The van der Waals surface area contributed by atoms with Crippen LogP contribution in [-0.2, 0) is 5.41 Å². The van der Waals surface area contributed by atoms with E-state index in [0.29, 0.717) is 0 Å². The number of rotatable bonds is 0. The molecule has 1 aromatic rings. The molecule has 0 amide bonds. The lowest BCUT2D eigenvalue weighted by Crippen LogP contribution is -2.10. The number of pyridine rings is 1. The fourth-order valence-electron chi connectivity index (χ4n) is 0.935. The summed E-state index contributed by atoms with van der Waals surface area (Å²) in [6.07, 6.45) is 0. The van der Waals surface area contributed by atoms with E-state index >= 15 is 0 Å². The Kier molecular flexibility index (Phi) is 1.96. The average Bonchev–Trinajstić information content (AvgIpc) is 1.82. The third kappa shape index (κ3) is 1.87. The Morgan fingerprint density at radius 1 is 1.08 bits per heavy atom. The Morgan fingerprint density at radius 3 is 1.83 bits per heavy atom. The predicted octanol–water partition coefficient (Wildman–Crippen LogP) is 1.79. The van der Waals surface area contributed by atoms with Gasteiger partial charge in [-0.25, -0.2) is 0 Å². The smallest absolute Gasteiger partial charge is 0.214 e. The molecule has 0 fully saturated rings. The summed E-state index contributed by atoms with van der Waals surface area (Å²) in [6, 6.07) is 3.11. The second-order valence-electron chi connectivity index (χ2n) is 3.82. The van der Waals surface area contributed by atoms with E-state index in [4.69, 9.17) is 10.2 Å². The topological polar surface area (TPSA) is 53.4 Å². The zero-order chi connectivity index (χ0) is 9.35. The molecule has 0 radical (unpaired) electrons. The van der Waals surface area contributed by atoms with Crippen molar-refractivity contribution in [1.82, 2.24) is 4.98 Å². The van der Waals surface area contributed by atoms with Gasteiger partial charge in [0, 0.05) is 12.1 Å². The van der Waals surface area contributed by atoms with E-state index in [9.17, 15) is 0 Å². The quantitative estimate of drug-likeness (QED) is 0.619. The van der Waals surface area contributed by atoms with Crippen molar-refractivity contribution in [2.45, 2.75) is 26.2 Å². The Balaban J connectivity index is 3.18. The van der Waals surface area contributed by atoms with Gasteiger partial charge in [-0.3, -0.25) is 0 Å². The molecule has 1 aromatic heterocycles. The normalized spacial score (nSPS) is 11.6. The highest BCUT2D eigenvalue weighted by molar-refractivity contribution is 5.31. The van der Waals surface area contributed by atoms with E-state index < -0.39 is 0 Å². The third-order valence-electron chi connectivity index (χ3n) is 1.66. The highest BCUT2D eigenvalue weighted by Gasteiger charge is 2.15. The van der Waals surface area contributed by atoms with E-state index in [2.05, 4.69) is 4.98 Å². The second-order valence-corrected chi connectivity index (χ2v) is 3.82. The largest absolute Gasteiger partial charge is 0.493 e. The molecular formula is C9H13NO2. The second kappa shape index (κ2) is 2.66. The molecule has 0 spiro atoms. The van der Waals surface area contributed by atoms with Crippen LogP contribution in [0.15, 0.2) is 12.1 Å². The van der Waals surface area contributed by atoms with Gasteiger partial charge in [-0.15, -0.1) is 0 Å². The molecule has 0 aliphatic heterocycles. The minimum absolute atomic E-state index is 0.0854. The molecule has 0 saturated heterocycles. The summed E-state index contributed by atoms with van der Waals surface area (Å²) < 4.78 is 0. The number of nitrogens with zero attached hydrogens (tertiary/aromatic N) is 1. The van der Waals surface area contributed by atoms with E-state index in [1.165, 1.54) is 0 Å². The first kappa shape index (κ1) is 8.84. The fourth-order valence-corrected chi connectivity index (χ4v) is 0.935. The van der Waals surface area contributed by atoms with Gasteiger partial charge < -0.3 is 10.2 Å². The van der Waals surface area contributed by atoms with Gasteiger partial charge in [0.25, 0.3) is 0 Å².